The summed E-state index contributed by atoms with van der Waals surface area (Å²) in [4.78, 5) is 0. The largest absolute Gasteiger partial charge is 0.310 e. The molecule has 0 saturated carbocycles. The standard InChI is InChI=1S/C25H27N3/c1-18-8-12-21(13-9-18)16-17-27-23-6-4-5-7-24(23)28(25(27)26)20(3)22-14-10-19(2)11-15-22/h4-15,20,26H,16-17H2,1-3H3/t20-/m1/s1. The molecule has 0 aliphatic carbocycles. The van der Waals surface area contributed by atoms with Crippen LogP contribution in [0.25, 0.3) is 11.0 Å². The van der Waals surface area contributed by atoms with E-state index < -0.39 is 0 Å². The molecule has 142 valence electrons. The monoisotopic (exact) mass is 369 g/mol. The highest BCUT2D eigenvalue weighted by molar-refractivity contribution is 5.76. The van der Waals surface area contributed by atoms with E-state index in [0.717, 1.165) is 24.0 Å². The molecule has 0 bridgehead atoms. The lowest BCUT2D eigenvalue weighted by Crippen LogP contribution is -2.27. The zero-order chi connectivity index (χ0) is 19.7. The number of hydrogen-bond donors (Lipinski definition) is 1. The second kappa shape index (κ2) is 7.51. The van der Waals surface area contributed by atoms with Gasteiger partial charge in [-0.15, -0.1) is 0 Å². The maximum absolute atomic E-state index is 8.92. The molecule has 0 amide bonds. The Hall–Kier alpha value is -3.07. The van der Waals surface area contributed by atoms with Gasteiger partial charge >= 0.3 is 0 Å². The third-order valence-corrected chi connectivity index (χ3v) is 5.61. The summed E-state index contributed by atoms with van der Waals surface area (Å²) in [7, 11) is 0. The van der Waals surface area contributed by atoms with E-state index in [1.165, 1.54) is 22.3 Å². The molecule has 0 radical (unpaired) electrons. The van der Waals surface area contributed by atoms with Gasteiger partial charge in [0, 0.05) is 6.54 Å². The van der Waals surface area contributed by atoms with Gasteiger partial charge in [-0.1, -0.05) is 71.8 Å². The molecule has 1 heterocycles. The number of nitrogens with one attached hydrogen (secondary N) is 1. The van der Waals surface area contributed by atoms with Crippen LogP contribution in [0.4, 0.5) is 0 Å². The Morgan fingerprint density at radius 2 is 1.36 bits per heavy atom. The average Bonchev–Trinajstić information content (AvgIpc) is 2.99. The minimum absolute atomic E-state index is 0.110. The fourth-order valence-corrected chi connectivity index (χ4v) is 3.86. The number of aromatic nitrogens is 2. The van der Waals surface area contributed by atoms with Crippen LogP contribution in [0.15, 0.2) is 72.8 Å². The van der Waals surface area contributed by atoms with Crippen LogP contribution >= 0.6 is 0 Å². The van der Waals surface area contributed by atoms with Gasteiger partial charge in [-0.2, -0.15) is 0 Å². The van der Waals surface area contributed by atoms with Crippen LogP contribution in [0.1, 0.15) is 35.2 Å². The molecule has 3 heteroatoms. The van der Waals surface area contributed by atoms with Crippen LogP contribution in [0.2, 0.25) is 0 Å². The first-order chi connectivity index (χ1) is 13.5. The molecule has 3 nitrogen and oxygen atoms in total. The third-order valence-electron chi connectivity index (χ3n) is 5.61. The lowest BCUT2D eigenvalue weighted by Gasteiger charge is -2.15. The van der Waals surface area contributed by atoms with Gasteiger partial charge in [0.2, 0.25) is 5.62 Å². The highest BCUT2D eigenvalue weighted by Gasteiger charge is 2.16. The predicted molar refractivity (Wildman–Crippen MR) is 116 cm³/mol. The number of imidazole rings is 1. The van der Waals surface area contributed by atoms with Gasteiger partial charge in [0.25, 0.3) is 0 Å². The zero-order valence-electron chi connectivity index (χ0n) is 16.8. The van der Waals surface area contributed by atoms with Gasteiger partial charge in [-0.25, -0.2) is 0 Å². The summed E-state index contributed by atoms with van der Waals surface area (Å²) >= 11 is 0. The van der Waals surface area contributed by atoms with Crippen LogP contribution in [-0.4, -0.2) is 9.13 Å². The molecule has 28 heavy (non-hydrogen) atoms. The Kier molecular flexibility index (Phi) is 4.91. The molecule has 0 unspecified atom stereocenters. The second-order valence-corrected chi connectivity index (χ2v) is 7.66. The van der Waals surface area contributed by atoms with Crippen molar-refractivity contribution < 1.29 is 0 Å². The van der Waals surface area contributed by atoms with E-state index in [4.69, 9.17) is 5.41 Å². The molecular formula is C25H27N3. The normalized spacial score (nSPS) is 12.4. The first kappa shape index (κ1) is 18.3. The minimum atomic E-state index is 0.110. The van der Waals surface area contributed by atoms with Crippen LogP contribution in [0.5, 0.6) is 0 Å². The maximum atomic E-state index is 8.92. The number of aryl methyl sites for hydroxylation is 4. The molecule has 1 N–H and O–H groups in total. The Labute approximate surface area is 166 Å². The smallest absolute Gasteiger partial charge is 0.203 e. The van der Waals surface area contributed by atoms with Crippen LogP contribution in [0.3, 0.4) is 0 Å². The molecule has 0 saturated heterocycles. The van der Waals surface area contributed by atoms with E-state index >= 15 is 0 Å². The summed E-state index contributed by atoms with van der Waals surface area (Å²) < 4.78 is 4.29. The summed E-state index contributed by atoms with van der Waals surface area (Å²) in [5, 5.41) is 8.92. The molecule has 0 fully saturated rings. The molecule has 1 aromatic heterocycles. The number of benzene rings is 3. The lowest BCUT2D eigenvalue weighted by molar-refractivity contribution is 0.566. The predicted octanol–water partition coefficient (Wildman–Crippen LogP) is 5.39. The molecule has 4 rings (SSSR count). The van der Waals surface area contributed by atoms with Crippen LogP contribution < -0.4 is 5.62 Å². The van der Waals surface area contributed by atoms with Crippen molar-refractivity contribution in [2.75, 3.05) is 0 Å². The van der Waals surface area contributed by atoms with Crippen LogP contribution in [0, 0.1) is 19.3 Å². The van der Waals surface area contributed by atoms with Gasteiger partial charge in [0.15, 0.2) is 0 Å². The number of para-hydroxylation sites is 2. The minimum Gasteiger partial charge on any atom is -0.310 e. The summed E-state index contributed by atoms with van der Waals surface area (Å²) in [6.45, 7) is 7.20. The Balaban J connectivity index is 1.74. The molecular weight excluding hydrogens is 342 g/mol. The van der Waals surface area contributed by atoms with E-state index in [9.17, 15) is 0 Å². The topological polar surface area (TPSA) is 33.7 Å². The number of nitrogens with zero attached hydrogens (tertiary/aromatic N) is 2. The lowest BCUT2D eigenvalue weighted by atomic mass is 10.1. The Bertz CT molecular complexity index is 1150. The second-order valence-electron chi connectivity index (χ2n) is 7.66. The third kappa shape index (κ3) is 3.40. The highest BCUT2D eigenvalue weighted by Crippen LogP contribution is 2.23. The fourth-order valence-electron chi connectivity index (χ4n) is 3.86. The van der Waals surface area contributed by atoms with Crippen molar-refractivity contribution in [3.05, 3.63) is 101 Å². The number of rotatable bonds is 5. The zero-order valence-corrected chi connectivity index (χ0v) is 16.8. The van der Waals surface area contributed by atoms with Gasteiger partial charge in [0.1, 0.15) is 0 Å². The number of hydrogen-bond acceptors (Lipinski definition) is 1. The molecule has 0 spiro atoms. The molecule has 1 atom stereocenters. The van der Waals surface area contributed by atoms with Gasteiger partial charge in [-0.05, 0) is 50.5 Å². The average molecular weight is 370 g/mol. The summed E-state index contributed by atoms with van der Waals surface area (Å²) in [6, 6.07) is 25.8. The fraction of sp³-hybridized carbons (Fsp3) is 0.240. The molecule has 3 aromatic carbocycles. The summed E-state index contributed by atoms with van der Waals surface area (Å²) in [5.74, 6) is 0. The van der Waals surface area contributed by atoms with E-state index in [1.807, 2.05) is 0 Å². The quantitative estimate of drug-likeness (QED) is 0.489. The summed E-state index contributed by atoms with van der Waals surface area (Å²) in [5.41, 5.74) is 7.87. The van der Waals surface area contributed by atoms with E-state index in [-0.39, 0.29) is 6.04 Å². The van der Waals surface area contributed by atoms with Crippen molar-refractivity contribution >= 4 is 11.0 Å². The van der Waals surface area contributed by atoms with Gasteiger partial charge < -0.3 is 9.13 Å². The van der Waals surface area contributed by atoms with Crippen molar-refractivity contribution in [3.8, 4) is 0 Å². The van der Waals surface area contributed by atoms with E-state index in [0.29, 0.717) is 5.62 Å². The number of fused-ring (bicyclic) bond motifs is 1. The van der Waals surface area contributed by atoms with Crippen LogP contribution in [-0.2, 0) is 13.0 Å². The molecule has 4 aromatic rings. The first-order valence-corrected chi connectivity index (χ1v) is 9.91. The SMILES string of the molecule is Cc1ccc(CCn2c(=N)n([C@H](C)c3ccc(C)cc3)c3ccccc32)cc1. The van der Waals surface area contributed by atoms with Crippen molar-refractivity contribution in [3.63, 3.8) is 0 Å². The molecule has 0 aliphatic heterocycles. The Morgan fingerprint density at radius 1 is 0.786 bits per heavy atom. The van der Waals surface area contributed by atoms with Crippen molar-refractivity contribution in [1.82, 2.24) is 9.13 Å². The van der Waals surface area contributed by atoms with Crippen molar-refractivity contribution in [1.29, 1.82) is 5.41 Å². The van der Waals surface area contributed by atoms with Gasteiger partial charge in [-0.3, -0.25) is 5.41 Å². The maximum Gasteiger partial charge on any atom is 0.203 e. The molecule has 0 aliphatic rings. The van der Waals surface area contributed by atoms with Crippen molar-refractivity contribution in [2.45, 2.75) is 39.8 Å². The Morgan fingerprint density at radius 3 is 2.00 bits per heavy atom. The highest BCUT2D eigenvalue weighted by atomic mass is 15.2. The van der Waals surface area contributed by atoms with Gasteiger partial charge in [0.05, 0.1) is 17.1 Å². The summed E-state index contributed by atoms with van der Waals surface area (Å²) in [6.07, 6.45) is 0.920. The van der Waals surface area contributed by atoms with E-state index in [2.05, 4.69) is 103 Å². The first-order valence-electron chi connectivity index (χ1n) is 9.91. The van der Waals surface area contributed by atoms with E-state index in [1.54, 1.807) is 0 Å². The van der Waals surface area contributed by atoms with Crippen molar-refractivity contribution in [2.24, 2.45) is 0 Å².